The van der Waals surface area contributed by atoms with Crippen molar-refractivity contribution in [2.75, 3.05) is 7.11 Å². The number of ether oxygens (including phenoxy) is 2. The van der Waals surface area contributed by atoms with E-state index in [1.165, 1.54) is 23.9 Å². The first-order chi connectivity index (χ1) is 17.7. The molecule has 4 aromatic rings. The Morgan fingerprint density at radius 3 is 2.62 bits per heavy atom. The SMILES string of the molecule is CC[C@H](C)c1nc2ccc(Br)cc2c(=O)n1N=Cc1cc(OC)c(OCc2cccc(F)c2)c(Br)c1Br. The van der Waals surface area contributed by atoms with E-state index in [0.29, 0.717) is 48.3 Å². The third-order valence-electron chi connectivity index (χ3n) is 5.85. The van der Waals surface area contributed by atoms with E-state index in [0.717, 1.165) is 10.9 Å². The Morgan fingerprint density at radius 2 is 1.92 bits per heavy atom. The number of halogens is 4. The molecule has 1 heterocycles. The molecule has 192 valence electrons. The topological polar surface area (TPSA) is 65.7 Å². The van der Waals surface area contributed by atoms with E-state index in [-0.39, 0.29) is 23.9 Å². The molecule has 37 heavy (non-hydrogen) atoms. The monoisotopic (exact) mass is 693 g/mol. The molecule has 0 aliphatic rings. The maximum atomic E-state index is 13.6. The average molecular weight is 696 g/mol. The molecule has 0 aliphatic carbocycles. The second-order valence-electron chi connectivity index (χ2n) is 8.35. The van der Waals surface area contributed by atoms with Crippen molar-refractivity contribution < 1.29 is 13.9 Å². The van der Waals surface area contributed by atoms with Gasteiger partial charge in [-0.2, -0.15) is 9.78 Å². The van der Waals surface area contributed by atoms with Crippen molar-refractivity contribution in [2.45, 2.75) is 32.8 Å². The zero-order valence-corrected chi connectivity index (χ0v) is 25.0. The van der Waals surface area contributed by atoms with Crippen LogP contribution in [0, 0.1) is 5.82 Å². The molecule has 0 radical (unpaired) electrons. The number of aromatic nitrogens is 2. The highest BCUT2D eigenvalue weighted by atomic mass is 79.9. The van der Waals surface area contributed by atoms with Crippen LogP contribution in [0.3, 0.4) is 0 Å². The van der Waals surface area contributed by atoms with Gasteiger partial charge >= 0.3 is 0 Å². The molecule has 10 heteroatoms. The Kier molecular flexibility index (Phi) is 8.82. The molecule has 0 spiro atoms. The van der Waals surface area contributed by atoms with Crippen LogP contribution < -0.4 is 15.0 Å². The van der Waals surface area contributed by atoms with Crippen molar-refractivity contribution in [1.29, 1.82) is 0 Å². The molecule has 1 atom stereocenters. The van der Waals surface area contributed by atoms with E-state index in [4.69, 9.17) is 14.5 Å². The molecule has 0 unspecified atom stereocenters. The second-order valence-corrected chi connectivity index (χ2v) is 10.8. The molecule has 0 bridgehead atoms. The predicted octanol–water partition coefficient (Wildman–Crippen LogP) is 7.81. The van der Waals surface area contributed by atoms with E-state index in [1.54, 1.807) is 30.5 Å². The van der Waals surface area contributed by atoms with Gasteiger partial charge in [0.15, 0.2) is 11.5 Å². The Bertz CT molecular complexity index is 1560. The number of benzene rings is 3. The lowest BCUT2D eigenvalue weighted by Crippen LogP contribution is -2.23. The summed E-state index contributed by atoms with van der Waals surface area (Å²) in [7, 11) is 1.53. The van der Waals surface area contributed by atoms with E-state index in [1.807, 2.05) is 26.0 Å². The van der Waals surface area contributed by atoms with Crippen molar-refractivity contribution in [2.24, 2.45) is 5.10 Å². The van der Waals surface area contributed by atoms with E-state index >= 15 is 0 Å². The number of hydrogen-bond donors (Lipinski definition) is 0. The van der Waals surface area contributed by atoms with E-state index < -0.39 is 0 Å². The van der Waals surface area contributed by atoms with Crippen LogP contribution in [0.1, 0.15) is 43.1 Å². The number of rotatable bonds is 8. The van der Waals surface area contributed by atoms with Crippen molar-refractivity contribution in [3.8, 4) is 11.5 Å². The largest absolute Gasteiger partial charge is 0.493 e. The molecular weight excluding hydrogens is 673 g/mol. The van der Waals surface area contributed by atoms with Gasteiger partial charge < -0.3 is 9.47 Å². The quantitative estimate of drug-likeness (QED) is 0.177. The van der Waals surface area contributed by atoms with Crippen LogP contribution in [0.2, 0.25) is 0 Å². The highest BCUT2D eigenvalue weighted by Crippen LogP contribution is 2.42. The number of fused-ring (bicyclic) bond motifs is 1. The minimum absolute atomic E-state index is 0.0150. The maximum Gasteiger partial charge on any atom is 0.282 e. The van der Waals surface area contributed by atoms with Gasteiger partial charge in [0.05, 0.1) is 28.7 Å². The summed E-state index contributed by atoms with van der Waals surface area (Å²) in [5.74, 6) is 1.16. The Morgan fingerprint density at radius 1 is 1.14 bits per heavy atom. The highest BCUT2D eigenvalue weighted by molar-refractivity contribution is 9.13. The van der Waals surface area contributed by atoms with Crippen LogP contribution in [0.25, 0.3) is 10.9 Å². The van der Waals surface area contributed by atoms with Gasteiger partial charge in [-0.1, -0.05) is 41.9 Å². The second kappa shape index (κ2) is 11.9. The molecule has 0 N–H and O–H groups in total. The third kappa shape index (κ3) is 5.97. The first kappa shape index (κ1) is 27.5. The molecule has 6 nitrogen and oxygen atoms in total. The van der Waals surface area contributed by atoms with Crippen LogP contribution in [-0.4, -0.2) is 23.0 Å². The van der Waals surface area contributed by atoms with Crippen LogP contribution in [0.5, 0.6) is 11.5 Å². The van der Waals surface area contributed by atoms with Crippen molar-refractivity contribution in [1.82, 2.24) is 9.66 Å². The molecule has 0 fully saturated rings. The average Bonchev–Trinajstić information content (AvgIpc) is 2.89. The summed E-state index contributed by atoms with van der Waals surface area (Å²) in [5, 5.41) is 5.02. The Labute approximate surface area is 238 Å². The summed E-state index contributed by atoms with van der Waals surface area (Å²) in [4.78, 5) is 18.2. The zero-order valence-electron chi connectivity index (χ0n) is 20.3. The zero-order chi connectivity index (χ0) is 26.7. The summed E-state index contributed by atoms with van der Waals surface area (Å²) in [6.07, 6.45) is 2.37. The number of nitrogens with zero attached hydrogens (tertiary/aromatic N) is 3. The Balaban J connectivity index is 1.75. The van der Waals surface area contributed by atoms with Gasteiger partial charge in [0.1, 0.15) is 18.2 Å². The summed E-state index contributed by atoms with van der Waals surface area (Å²) >= 11 is 10.6. The number of hydrogen-bond acceptors (Lipinski definition) is 5. The molecule has 0 amide bonds. The smallest absolute Gasteiger partial charge is 0.282 e. The first-order valence-corrected chi connectivity index (χ1v) is 13.8. The van der Waals surface area contributed by atoms with Crippen molar-refractivity contribution >= 4 is 64.9 Å². The predicted molar refractivity (Wildman–Crippen MR) is 155 cm³/mol. The summed E-state index contributed by atoms with van der Waals surface area (Å²) < 4.78 is 28.5. The van der Waals surface area contributed by atoms with Gasteiger partial charge in [0.2, 0.25) is 0 Å². The van der Waals surface area contributed by atoms with Crippen LogP contribution in [0.4, 0.5) is 4.39 Å². The van der Waals surface area contributed by atoms with Gasteiger partial charge in [-0.25, -0.2) is 9.37 Å². The fraction of sp³-hybridized carbons (Fsp3) is 0.222. The normalized spacial score (nSPS) is 12.3. The molecule has 0 saturated heterocycles. The molecule has 3 aromatic carbocycles. The molecular formula is C27H23Br3FN3O3. The lowest BCUT2D eigenvalue weighted by molar-refractivity contribution is 0.282. The van der Waals surface area contributed by atoms with Crippen molar-refractivity contribution in [3.63, 3.8) is 0 Å². The number of methoxy groups -OCH3 is 1. The van der Waals surface area contributed by atoms with Gasteiger partial charge in [-0.15, -0.1) is 0 Å². The van der Waals surface area contributed by atoms with Gasteiger partial charge in [0.25, 0.3) is 5.56 Å². The van der Waals surface area contributed by atoms with Gasteiger partial charge in [-0.3, -0.25) is 4.79 Å². The molecule has 0 saturated carbocycles. The molecule has 4 rings (SSSR count). The van der Waals surface area contributed by atoms with Gasteiger partial charge in [-0.05, 0) is 80.2 Å². The molecule has 1 aromatic heterocycles. The van der Waals surface area contributed by atoms with Crippen LogP contribution in [-0.2, 0) is 6.61 Å². The lowest BCUT2D eigenvalue weighted by atomic mass is 10.1. The Hall–Kier alpha value is -2.56. The maximum absolute atomic E-state index is 13.6. The minimum atomic E-state index is -0.331. The standard InChI is InChI=1S/C27H23Br3FN3O3/c1-4-15(2)26-33-21-9-8-18(28)12-20(21)27(35)34(26)32-13-17-11-22(36-3)25(24(30)23(17)29)37-14-16-6-5-7-19(31)10-16/h5-13,15H,4,14H2,1-3H3/t15-/m0/s1. The van der Waals surface area contributed by atoms with Gasteiger partial charge in [0, 0.05) is 20.4 Å². The summed E-state index contributed by atoms with van der Waals surface area (Å²) in [6, 6.07) is 13.4. The summed E-state index contributed by atoms with van der Waals surface area (Å²) in [5.41, 5.74) is 1.71. The fourth-order valence-electron chi connectivity index (χ4n) is 3.67. The summed E-state index contributed by atoms with van der Waals surface area (Å²) in [6.45, 7) is 4.20. The van der Waals surface area contributed by atoms with Crippen molar-refractivity contribution in [3.05, 3.63) is 95.1 Å². The molecule has 0 aliphatic heterocycles. The van der Waals surface area contributed by atoms with E-state index in [2.05, 4.69) is 52.9 Å². The lowest BCUT2D eigenvalue weighted by Gasteiger charge is -2.16. The van der Waals surface area contributed by atoms with E-state index in [9.17, 15) is 9.18 Å². The van der Waals surface area contributed by atoms with Crippen LogP contribution >= 0.6 is 47.8 Å². The fourth-order valence-corrected chi connectivity index (χ4v) is 4.96. The van der Waals surface area contributed by atoms with Crippen LogP contribution in [0.15, 0.2) is 71.8 Å². The first-order valence-electron chi connectivity index (χ1n) is 11.4. The third-order valence-corrected chi connectivity index (χ3v) is 8.48. The highest BCUT2D eigenvalue weighted by Gasteiger charge is 2.19. The minimum Gasteiger partial charge on any atom is -0.493 e.